The molecule has 6 aliphatic rings. The van der Waals surface area contributed by atoms with Crippen molar-refractivity contribution in [2.24, 2.45) is 5.73 Å². The molecule has 28 heteroatoms. The van der Waals surface area contributed by atoms with E-state index >= 15 is 4.79 Å². The number of hydrogen-bond acceptors (Lipinski definition) is 16. The molecule has 0 spiro atoms. The lowest BCUT2D eigenvalue weighted by Gasteiger charge is -2.46. The second-order valence-corrected chi connectivity index (χ2v) is 25.9. The highest BCUT2D eigenvalue weighted by Crippen LogP contribution is 2.44. The molecule has 6 aliphatic heterocycles. The van der Waals surface area contributed by atoms with E-state index < -0.39 is 82.7 Å². The smallest absolute Gasteiger partial charge is 0.396 e. The number of aromatic amines is 1. The number of H-pyrrole nitrogens is 1. The minimum absolute atomic E-state index is 0.0143. The summed E-state index contributed by atoms with van der Waals surface area (Å²) in [7, 11) is -8.69. The molecule has 6 atom stereocenters. The Labute approximate surface area is 483 Å². The molecule has 0 saturated carbocycles. The summed E-state index contributed by atoms with van der Waals surface area (Å²) < 4.78 is 49.2. The van der Waals surface area contributed by atoms with Crippen LogP contribution in [0.5, 0.6) is 11.5 Å². The minimum atomic E-state index is -5.13. The van der Waals surface area contributed by atoms with Gasteiger partial charge < -0.3 is 60.2 Å². The number of piperazine rings is 1. The number of carbonyl (C=O) groups excluding carboxylic acids is 9. The third kappa shape index (κ3) is 12.7. The number of nitrogens with zero attached hydrogens (tertiary/aromatic N) is 5. The van der Waals surface area contributed by atoms with Crippen LogP contribution >= 0.6 is 7.60 Å². The van der Waals surface area contributed by atoms with Crippen LogP contribution in [0.25, 0.3) is 10.9 Å². The van der Waals surface area contributed by atoms with Gasteiger partial charge in [-0.25, -0.2) is 8.42 Å². The van der Waals surface area contributed by atoms with E-state index in [1.165, 1.54) is 59.2 Å². The molecule has 4 saturated heterocycles. The highest BCUT2D eigenvalue weighted by molar-refractivity contribution is 7.91. The van der Waals surface area contributed by atoms with Crippen LogP contribution in [-0.2, 0) is 49.7 Å². The zero-order valence-corrected chi connectivity index (χ0v) is 47.9. The molecule has 8 amide bonds. The summed E-state index contributed by atoms with van der Waals surface area (Å²) >= 11 is 0. The van der Waals surface area contributed by atoms with Crippen LogP contribution in [0.2, 0.25) is 0 Å². The predicted molar refractivity (Wildman–Crippen MR) is 300 cm³/mol. The number of fused-ring (bicyclic) bond motifs is 7. The number of imide groups is 1. The number of nitrogens with two attached hydrogens (primary N) is 1. The average Bonchev–Trinajstić information content (AvgIpc) is 4.38. The average molecular weight is 1200 g/mol. The molecule has 10 rings (SSSR count). The van der Waals surface area contributed by atoms with E-state index in [1.807, 2.05) is 6.07 Å². The van der Waals surface area contributed by atoms with Crippen LogP contribution < -0.4 is 36.1 Å². The minimum Gasteiger partial charge on any atom is -0.491 e. The van der Waals surface area contributed by atoms with Gasteiger partial charge >= 0.3 is 7.60 Å². The first-order valence-electron chi connectivity index (χ1n) is 28.2. The van der Waals surface area contributed by atoms with Crippen LogP contribution in [0.3, 0.4) is 0 Å². The summed E-state index contributed by atoms with van der Waals surface area (Å²) in [4.78, 5) is 151. The zero-order chi connectivity index (χ0) is 59.8. The highest BCUT2D eigenvalue weighted by atomic mass is 32.2. The zero-order valence-electron chi connectivity index (χ0n) is 46.2. The van der Waals surface area contributed by atoms with Crippen molar-refractivity contribution in [3.05, 3.63) is 83.0 Å². The van der Waals surface area contributed by atoms with E-state index in [0.29, 0.717) is 68.8 Å². The van der Waals surface area contributed by atoms with Gasteiger partial charge in [0.05, 0.1) is 35.0 Å². The Morgan fingerprint density at radius 2 is 1.71 bits per heavy atom. The number of unbranched alkanes of at least 4 members (excludes halogenated alkanes) is 1. The summed E-state index contributed by atoms with van der Waals surface area (Å²) in [6, 6.07) is 10.2. The fraction of sp³-hybridized carbons (Fsp3) is 0.482. The van der Waals surface area contributed by atoms with Crippen molar-refractivity contribution in [2.45, 2.75) is 119 Å². The number of aromatic nitrogens is 1. The van der Waals surface area contributed by atoms with E-state index in [1.54, 1.807) is 17.0 Å². The van der Waals surface area contributed by atoms with Crippen molar-refractivity contribution in [1.29, 1.82) is 0 Å². The first kappa shape index (κ1) is 59.4. The number of sulfone groups is 1. The van der Waals surface area contributed by atoms with E-state index in [2.05, 4.69) is 30.7 Å². The summed E-state index contributed by atoms with van der Waals surface area (Å²) in [6.45, 7) is 4.63. The Kier molecular flexibility index (Phi) is 17.3. The Bertz CT molecular complexity index is 3500. The number of piperidine rings is 1. The maximum atomic E-state index is 15.0. The molecule has 0 radical (unpaired) electrons. The van der Waals surface area contributed by atoms with Crippen LogP contribution in [0, 0.1) is 0 Å². The normalized spacial score (nSPS) is 22.2. The Morgan fingerprint density at radius 3 is 2.48 bits per heavy atom. The fourth-order valence-corrected chi connectivity index (χ4v) is 13.6. The molecule has 8 N–H and O–H groups in total. The van der Waals surface area contributed by atoms with E-state index in [9.17, 15) is 61.1 Å². The molecular formula is C56H67N10O16PS. The monoisotopic (exact) mass is 1200 g/mol. The van der Waals surface area contributed by atoms with Crippen molar-refractivity contribution in [2.75, 3.05) is 63.1 Å². The van der Waals surface area contributed by atoms with E-state index in [4.69, 9.17) is 15.2 Å². The Hall–Kier alpha value is -7.71. The molecule has 0 unspecified atom stereocenters. The summed E-state index contributed by atoms with van der Waals surface area (Å²) in [5.41, 5.74) is 6.17. The number of ether oxygens (including phenoxy) is 2. The van der Waals surface area contributed by atoms with Gasteiger partial charge in [-0.15, -0.1) is 0 Å². The van der Waals surface area contributed by atoms with Gasteiger partial charge in [0.1, 0.15) is 48.5 Å². The molecule has 26 nitrogen and oxygen atoms in total. The van der Waals surface area contributed by atoms with Crippen LogP contribution in [0.15, 0.2) is 65.6 Å². The van der Waals surface area contributed by atoms with Gasteiger partial charge in [0.25, 0.3) is 17.3 Å². The van der Waals surface area contributed by atoms with Crippen molar-refractivity contribution in [3.63, 3.8) is 0 Å². The predicted octanol–water partition coefficient (Wildman–Crippen LogP) is 1.31. The number of anilines is 1. The molecule has 84 heavy (non-hydrogen) atoms. The van der Waals surface area contributed by atoms with Gasteiger partial charge in [-0.3, -0.25) is 57.9 Å². The molecule has 448 valence electrons. The third-order valence-corrected chi connectivity index (χ3v) is 19.2. The summed E-state index contributed by atoms with van der Waals surface area (Å²) in [5.74, 6) is -3.26. The topological polar surface area (TPSA) is 358 Å². The van der Waals surface area contributed by atoms with Crippen LogP contribution in [-0.4, -0.2) is 190 Å². The fourth-order valence-electron chi connectivity index (χ4n) is 12.2. The first-order valence-corrected chi connectivity index (χ1v) is 31.4. The maximum Gasteiger partial charge on any atom is 0.396 e. The molecule has 0 bridgehead atoms. The molecule has 7 heterocycles. The highest BCUT2D eigenvalue weighted by Gasteiger charge is 2.47. The lowest BCUT2D eigenvalue weighted by Crippen LogP contribution is -2.61. The molecule has 4 fully saturated rings. The SMILES string of the molecule is CCS(=O)(=O)c1cccc(OC[C@H](CCC(N)=O)NC(=O)[C@@H]2CC[C@@H]3CCN(C(=O)CCCCN4CCN5c6ccc7c(c6OC[C@H]5C4)CN([C@H]4CCC(=O)NC4=O)C7=O)C[C@H](NC(=O)c4cc5cc(C(=O)P(=O)(O)O)ccc5[nH]4)C(=O)N32)c1. The lowest BCUT2D eigenvalue weighted by molar-refractivity contribution is -0.145. The number of carbonyl (C=O) groups is 9. The Balaban J connectivity index is 0.792. The second kappa shape index (κ2) is 24.5. The van der Waals surface area contributed by atoms with Gasteiger partial charge in [0, 0.05) is 85.6 Å². The largest absolute Gasteiger partial charge is 0.491 e. The summed E-state index contributed by atoms with van der Waals surface area (Å²) in [5, 5.41) is 8.30. The Morgan fingerprint density at radius 1 is 0.905 bits per heavy atom. The van der Waals surface area contributed by atoms with Gasteiger partial charge in [0.2, 0.25) is 35.4 Å². The molecule has 1 aromatic heterocycles. The second-order valence-electron chi connectivity index (χ2n) is 22.1. The quantitative estimate of drug-likeness (QED) is 0.0373. The van der Waals surface area contributed by atoms with Crippen molar-refractivity contribution >= 4 is 86.8 Å². The number of hydrogen-bond donors (Lipinski definition) is 7. The van der Waals surface area contributed by atoms with Crippen molar-refractivity contribution < 1.29 is 75.4 Å². The van der Waals surface area contributed by atoms with Crippen LogP contribution in [0.4, 0.5) is 5.69 Å². The maximum absolute atomic E-state index is 15.0. The van der Waals surface area contributed by atoms with Gasteiger partial charge in [-0.1, -0.05) is 13.0 Å². The molecule has 4 aromatic rings. The third-order valence-electron chi connectivity index (χ3n) is 16.7. The van der Waals surface area contributed by atoms with E-state index in [0.717, 1.165) is 17.8 Å². The molecule has 3 aromatic carbocycles. The van der Waals surface area contributed by atoms with Crippen molar-refractivity contribution in [3.8, 4) is 11.5 Å². The van der Waals surface area contributed by atoms with E-state index in [-0.39, 0.29) is 122 Å². The van der Waals surface area contributed by atoms with Gasteiger partial charge in [-0.05, 0) is 106 Å². The summed E-state index contributed by atoms with van der Waals surface area (Å²) in [6.07, 6.45) is 2.57. The number of primary amides is 1. The van der Waals surface area contributed by atoms with Crippen LogP contribution in [0.1, 0.15) is 108 Å². The van der Waals surface area contributed by atoms with Gasteiger partial charge in [-0.2, -0.15) is 0 Å². The standard InChI is InChI=1S/C56H67N10O16PS/c1-2-84(79,80)38-7-5-6-37(26-38)81-30-34(10-17-47(57)67)58-53(72)46-14-11-35-19-21-63(29-43(55(74)66(35)46)60-51(70)42-25-33-24-32(9-13-41(33)59-42)56(75)83(76,77)78)49(69)8-3-4-20-62-22-23-64-36(27-62)31-82-50-40-28-65(45-16-18-48(68)61-52(45)71)54(73)39(40)12-15-44(50)64/h5-7,9,12-13,15,24-26,34-36,43,45-46,59H,2-4,8,10-11,14,16-23,27-31H2,1H3,(H2,57,67)(H,58,72)(H,60,70)(H,61,68,71)(H2,76,77,78)/t34-,35+,36+,43-,45-,46-/m0/s1. The number of amides is 8. The molecule has 0 aliphatic carbocycles. The lowest BCUT2D eigenvalue weighted by atomic mass is 10.0. The van der Waals surface area contributed by atoms with Gasteiger partial charge in [0.15, 0.2) is 9.84 Å². The number of benzene rings is 3. The van der Waals surface area contributed by atoms with Crippen molar-refractivity contribution in [1.82, 2.24) is 40.5 Å². The number of nitrogens with one attached hydrogen (secondary N) is 4. The first-order chi connectivity index (χ1) is 40.1. The number of rotatable bonds is 20. The molecular weight excluding hydrogens is 1130 g/mol.